The molecule has 1 atom stereocenters. The fourth-order valence-corrected chi connectivity index (χ4v) is 2.33. The number of pyridine rings is 1. The van der Waals surface area contributed by atoms with Gasteiger partial charge in [0.1, 0.15) is 0 Å². The number of amides is 1. The van der Waals surface area contributed by atoms with Crippen molar-refractivity contribution in [1.82, 2.24) is 9.88 Å². The monoisotopic (exact) mass is 233 g/mol. The van der Waals surface area contributed by atoms with Gasteiger partial charge in [0, 0.05) is 19.3 Å². The molecule has 1 aromatic rings. The summed E-state index contributed by atoms with van der Waals surface area (Å²) in [6.07, 6.45) is 5.04. The molecule has 1 aromatic heterocycles. The van der Waals surface area contributed by atoms with Gasteiger partial charge in [0.2, 0.25) is 0 Å². The Morgan fingerprint density at radius 1 is 1.65 bits per heavy atom. The second-order valence-corrected chi connectivity index (χ2v) is 4.61. The average Bonchev–Trinajstić information content (AvgIpc) is 2.38. The van der Waals surface area contributed by atoms with E-state index in [0.717, 1.165) is 25.9 Å². The third-order valence-electron chi connectivity index (χ3n) is 3.43. The van der Waals surface area contributed by atoms with Crippen molar-refractivity contribution >= 4 is 11.6 Å². The van der Waals surface area contributed by atoms with Crippen molar-refractivity contribution in [3.63, 3.8) is 0 Å². The van der Waals surface area contributed by atoms with Crippen LogP contribution in [0.2, 0.25) is 0 Å². The van der Waals surface area contributed by atoms with E-state index in [2.05, 4.69) is 11.9 Å². The number of hydrogen-bond acceptors (Lipinski definition) is 3. The molecule has 1 aliphatic rings. The largest absolute Gasteiger partial charge is 0.397 e. The first kappa shape index (κ1) is 11.9. The van der Waals surface area contributed by atoms with Crippen LogP contribution in [-0.2, 0) is 0 Å². The van der Waals surface area contributed by atoms with Gasteiger partial charge >= 0.3 is 0 Å². The van der Waals surface area contributed by atoms with Crippen molar-refractivity contribution in [2.75, 3.05) is 18.8 Å². The molecular formula is C13H19N3O. The molecule has 1 amide bonds. The van der Waals surface area contributed by atoms with Crippen molar-refractivity contribution in [2.24, 2.45) is 5.92 Å². The number of rotatable bonds is 2. The quantitative estimate of drug-likeness (QED) is 0.849. The minimum Gasteiger partial charge on any atom is -0.397 e. The molecule has 0 radical (unpaired) electrons. The second-order valence-electron chi connectivity index (χ2n) is 4.61. The Hall–Kier alpha value is -1.58. The number of nitrogens with zero attached hydrogens (tertiary/aromatic N) is 2. The lowest BCUT2D eigenvalue weighted by atomic mass is 9.95. The number of nitrogens with two attached hydrogens (primary N) is 1. The average molecular weight is 233 g/mol. The standard InChI is InChI=1S/C13H19N3O/c1-2-10-5-4-8-16(9-10)13(17)12-11(14)6-3-7-15-12/h3,6-7,10H,2,4-5,8-9,14H2,1H3. The van der Waals surface area contributed by atoms with E-state index in [1.54, 1.807) is 18.3 Å². The molecule has 0 bridgehead atoms. The van der Waals surface area contributed by atoms with Crippen LogP contribution in [0.5, 0.6) is 0 Å². The van der Waals surface area contributed by atoms with Crippen LogP contribution in [0, 0.1) is 5.92 Å². The molecule has 2 N–H and O–H groups in total. The highest BCUT2D eigenvalue weighted by atomic mass is 16.2. The maximum absolute atomic E-state index is 12.3. The first-order valence-electron chi connectivity index (χ1n) is 6.22. The van der Waals surface area contributed by atoms with Gasteiger partial charge in [-0.3, -0.25) is 4.79 Å². The van der Waals surface area contributed by atoms with Gasteiger partial charge in [0.05, 0.1) is 5.69 Å². The van der Waals surface area contributed by atoms with Crippen LogP contribution in [0.1, 0.15) is 36.7 Å². The molecule has 0 aromatic carbocycles. The minimum atomic E-state index is -0.0266. The number of nitrogen functional groups attached to an aromatic ring is 1. The van der Waals surface area contributed by atoms with Crippen molar-refractivity contribution in [1.29, 1.82) is 0 Å². The van der Waals surface area contributed by atoms with E-state index in [4.69, 9.17) is 5.73 Å². The van der Waals surface area contributed by atoms with Crippen LogP contribution in [-0.4, -0.2) is 28.9 Å². The molecule has 1 aliphatic heterocycles. The van der Waals surface area contributed by atoms with Crippen LogP contribution in [0.4, 0.5) is 5.69 Å². The van der Waals surface area contributed by atoms with E-state index in [1.807, 2.05) is 4.90 Å². The smallest absolute Gasteiger partial charge is 0.274 e. The number of likely N-dealkylation sites (tertiary alicyclic amines) is 1. The van der Waals surface area contributed by atoms with Gasteiger partial charge in [-0.25, -0.2) is 4.98 Å². The lowest BCUT2D eigenvalue weighted by Crippen LogP contribution is -2.40. The Bertz CT molecular complexity index is 405. The van der Waals surface area contributed by atoms with E-state index in [9.17, 15) is 4.79 Å². The summed E-state index contributed by atoms with van der Waals surface area (Å²) >= 11 is 0. The summed E-state index contributed by atoms with van der Waals surface area (Å²) < 4.78 is 0. The molecule has 2 heterocycles. The van der Waals surface area contributed by atoms with Crippen LogP contribution in [0.3, 0.4) is 0 Å². The predicted octanol–water partition coefficient (Wildman–Crippen LogP) is 1.93. The van der Waals surface area contributed by atoms with Gasteiger partial charge in [-0.15, -0.1) is 0 Å². The number of piperidine rings is 1. The number of hydrogen-bond donors (Lipinski definition) is 1. The molecular weight excluding hydrogens is 214 g/mol. The molecule has 0 spiro atoms. The van der Waals surface area contributed by atoms with Gasteiger partial charge in [-0.2, -0.15) is 0 Å². The van der Waals surface area contributed by atoms with E-state index < -0.39 is 0 Å². The zero-order valence-electron chi connectivity index (χ0n) is 10.2. The highest BCUT2D eigenvalue weighted by Crippen LogP contribution is 2.21. The molecule has 1 unspecified atom stereocenters. The lowest BCUT2D eigenvalue weighted by Gasteiger charge is -2.32. The van der Waals surface area contributed by atoms with Crippen molar-refractivity contribution in [2.45, 2.75) is 26.2 Å². The third kappa shape index (κ3) is 2.57. The van der Waals surface area contributed by atoms with Crippen molar-refractivity contribution < 1.29 is 4.79 Å². The molecule has 2 rings (SSSR count). The summed E-state index contributed by atoms with van der Waals surface area (Å²) in [6.45, 7) is 3.84. The van der Waals surface area contributed by atoms with Crippen molar-refractivity contribution in [3.8, 4) is 0 Å². The number of anilines is 1. The SMILES string of the molecule is CCC1CCCN(C(=O)c2ncccc2N)C1. The summed E-state index contributed by atoms with van der Waals surface area (Å²) in [4.78, 5) is 18.2. The Morgan fingerprint density at radius 3 is 3.18 bits per heavy atom. The normalized spacial score (nSPS) is 20.3. The van der Waals surface area contributed by atoms with Crippen molar-refractivity contribution in [3.05, 3.63) is 24.0 Å². The number of carbonyl (C=O) groups is 1. The van der Waals surface area contributed by atoms with Gasteiger partial charge in [-0.1, -0.05) is 13.3 Å². The Labute approximate surface area is 102 Å². The van der Waals surface area contributed by atoms with E-state index in [1.165, 1.54) is 6.42 Å². The van der Waals surface area contributed by atoms with Gasteiger partial charge in [0.25, 0.3) is 5.91 Å². The maximum atomic E-state index is 12.3. The Balaban J connectivity index is 2.12. The fraction of sp³-hybridized carbons (Fsp3) is 0.538. The predicted molar refractivity (Wildman–Crippen MR) is 67.6 cm³/mol. The first-order valence-corrected chi connectivity index (χ1v) is 6.22. The number of aromatic nitrogens is 1. The van der Waals surface area contributed by atoms with Crippen LogP contribution in [0.15, 0.2) is 18.3 Å². The Kier molecular flexibility index (Phi) is 3.61. The van der Waals surface area contributed by atoms with Gasteiger partial charge in [0.15, 0.2) is 5.69 Å². The molecule has 1 fully saturated rings. The highest BCUT2D eigenvalue weighted by Gasteiger charge is 2.25. The van der Waals surface area contributed by atoms with E-state index in [0.29, 0.717) is 17.3 Å². The minimum absolute atomic E-state index is 0.0266. The summed E-state index contributed by atoms with van der Waals surface area (Å²) in [5, 5.41) is 0. The second kappa shape index (κ2) is 5.17. The summed E-state index contributed by atoms with van der Waals surface area (Å²) in [6, 6.07) is 3.47. The molecule has 4 heteroatoms. The van der Waals surface area contributed by atoms with Gasteiger partial charge < -0.3 is 10.6 Å². The molecule has 17 heavy (non-hydrogen) atoms. The molecule has 0 saturated carbocycles. The maximum Gasteiger partial charge on any atom is 0.274 e. The highest BCUT2D eigenvalue weighted by molar-refractivity contribution is 5.97. The fourth-order valence-electron chi connectivity index (χ4n) is 2.33. The summed E-state index contributed by atoms with van der Waals surface area (Å²) in [5.74, 6) is 0.596. The lowest BCUT2D eigenvalue weighted by molar-refractivity contribution is 0.0666. The third-order valence-corrected chi connectivity index (χ3v) is 3.43. The molecule has 0 aliphatic carbocycles. The topological polar surface area (TPSA) is 59.2 Å². The van der Waals surface area contributed by atoms with Crippen LogP contribution in [0.25, 0.3) is 0 Å². The summed E-state index contributed by atoms with van der Waals surface area (Å²) in [7, 11) is 0. The number of carbonyl (C=O) groups excluding carboxylic acids is 1. The zero-order chi connectivity index (χ0) is 12.3. The zero-order valence-corrected chi connectivity index (χ0v) is 10.2. The van der Waals surface area contributed by atoms with E-state index >= 15 is 0 Å². The van der Waals surface area contributed by atoms with Crippen LogP contribution >= 0.6 is 0 Å². The summed E-state index contributed by atoms with van der Waals surface area (Å²) in [5.41, 5.74) is 6.65. The molecule has 4 nitrogen and oxygen atoms in total. The van der Waals surface area contributed by atoms with Gasteiger partial charge in [-0.05, 0) is 30.9 Å². The molecule has 92 valence electrons. The van der Waals surface area contributed by atoms with E-state index in [-0.39, 0.29) is 5.91 Å². The van der Waals surface area contributed by atoms with Crippen LogP contribution < -0.4 is 5.73 Å². The molecule has 1 saturated heterocycles. The first-order chi connectivity index (χ1) is 8.22. The Morgan fingerprint density at radius 2 is 2.47 bits per heavy atom.